The summed E-state index contributed by atoms with van der Waals surface area (Å²) in [6, 6.07) is 15.7. The lowest BCUT2D eigenvalue weighted by atomic mass is 10.1. The maximum absolute atomic E-state index is 12.2. The molecular weight excluding hydrogens is 364 g/mol. The summed E-state index contributed by atoms with van der Waals surface area (Å²) in [4.78, 5) is 26.7. The van der Waals surface area contributed by atoms with E-state index >= 15 is 0 Å². The van der Waals surface area contributed by atoms with Gasteiger partial charge in [-0.2, -0.15) is 5.10 Å². The van der Waals surface area contributed by atoms with Crippen molar-refractivity contribution < 1.29 is 4.79 Å². The van der Waals surface area contributed by atoms with Crippen molar-refractivity contribution in [3.63, 3.8) is 0 Å². The second-order valence-corrected chi connectivity index (χ2v) is 6.79. The maximum Gasteiger partial charge on any atom is 0.273 e. The number of aromatic nitrogens is 5. The van der Waals surface area contributed by atoms with E-state index in [4.69, 9.17) is 0 Å². The quantitative estimate of drug-likeness (QED) is 0.528. The van der Waals surface area contributed by atoms with E-state index < -0.39 is 0 Å². The molecule has 0 radical (unpaired) electrons. The molecule has 0 saturated heterocycles. The van der Waals surface area contributed by atoms with Crippen molar-refractivity contribution in [3.8, 4) is 22.5 Å². The number of amides is 1. The first-order chi connectivity index (χ1) is 14.1. The minimum atomic E-state index is -0.177. The summed E-state index contributed by atoms with van der Waals surface area (Å²) in [5.41, 5.74) is 4.62. The Morgan fingerprint density at radius 2 is 1.83 bits per heavy atom. The molecule has 144 valence electrons. The Morgan fingerprint density at radius 1 is 1.00 bits per heavy atom. The van der Waals surface area contributed by atoms with Gasteiger partial charge >= 0.3 is 0 Å². The minimum absolute atomic E-state index is 0.177. The second kappa shape index (κ2) is 8.02. The molecule has 0 atom stereocenters. The van der Waals surface area contributed by atoms with Crippen LogP contribution in [0.1, 0.15) is 16.2 Å². The summed E-state index contributed by atoms with van der Waals surface area (Å²) < 4.78 is 1.86. The van der Waals surface area contributed by atoms with E-state index in [0.717, 1.165) is 22.5 Å². The summed E-state index contributed by atoms with van der Waals surface area (Å²) in [6.45, 7) is 0.612. The predicted octanol–water partition coefficient (Wildman–Crippen LogP) is 3.15. The third-order valence-corrected chi connectivity index (χ3v) is 4.40. The van der Waals surface area contributed by atoms with Crippen molar-refractivity contribution in [2.24, 2.45) is 0 Å². The van der Waals surface area contributed by atoms with Gasteiger partial charge in [-0.15, -0.1) is 0 Å². The van der Waals surface area contributed by atoms with Gasteiger partial charge in [-0.3, -0.25) is 19.4 Å². The topological polar surface area (TPSA) is 76.8 Å². The summed E-state index contributed by atoms with van der Waals surface area (Å²) in [5.74, 6) is -0.177. The van der Waals surface area contributed by atoms with Crippen LogP contribution in [-0.2, 0) is 6.54 Å². The predicted molar refractivity (Wildman–Crippen MR) is 110 cm³/mol. The van der Waals surface area contributed by atoms with Gasteiger partial charge in [0.25, 0.3) is 5.91 Å². The Labute approximate surface area is 168 Å². The third kappa shape index (κ3) is 4.19. The van der Waals surface area contributed by atoms with Crippen molar-refractivity contribution in [1.82, 2.24) is 29.6 Å². The van der Waals surface area contributed by atoms with Gasteiger partial charge in [0.15, 0.2) is 0 Å². The van der Waals surface area contributed by atoms with E-state index in [1.165, 1.54) is 11.1 Å². The van der Waals surface area contributed by atoms with E-state index in [2.05, 4.69) is 20.1 Å². The Balaban J connectivity index is 1.60. The van der Waals surface area contributed by atoms with Gasteiger partial charge in [0.1, 0.15) is 5.69 Å². The molecule has 3 heterocycles. The highest BCUT2D eigenvalue weighted by Crippen LogP contribution is 2.24. The summed E-state index contributed by atoms with van der Waals surface area (Å²) in [6.07, 6.45) is 6.85. The van der Waals surface area contributed by atoms with E-state index in [-0.39, 0.29) is 5.91 Å². The fraction of sp³-hybridized carbons (Fsp3) is 0.136. The van der Waals surface area contributed by atoms with Gasteiger partial charge in [0.05, 0.1) is 36.0 Å². The molecule has 3 aromatic heterocycles. The molecule has 0 unspecified atom stereocenters. The standard InChI is InChI=1S/C22H20N6O/c1-27(2)22(29)21-14-23-13-20(25-21)17-7-5-6-16(12-17)19-9-11-28(26-19)15-18-8-3-4-10-24-18/h3-14H,15H2,1-2H3. The normalized spacial score (nSPS) is 10.7. The van der Waals surface area contributed by atoms with Crippen LogP contribution in [0.15, 0.2) is 73.3 Å². The fourth-order valence-corrected chi connectivity index (χ4v) is 2.94. The molecule has 0 bridgehead atoms. The van der Waals surface area contributed by atoms with Gasteiger partial charge in [-0.1, -0.05) is 24.3 Å². The zero-order chi connectivity index (χ0) is 20.2. The smallest absolute Gasteiger partial charge is 0.273 e. The average Bonchev–Trinajstić information content (AvgIpc) is 3.22. The van der Waals surface area contributed by atoms with Crippen LogP contribution in [0.2, 0.25) is 0 Å². The molecule has 0 fully saturated rings. The number of carbonyl (C=O) groups excluding carboxylic acids is 1. The van der Waals surface area contributed by atoms with Crippen LogP contribution in [0, 0.1) is 0 Å². The highest BCUT2D eigenvalue weighted by molar-refractivity contribution is 5.92. The van der Waals surface area contributed by atoms with Crippen molar-refractivity contribution in [2.75, 3.05) is 14.1 Å². The third-order valence-electron chi connectivity index (χ3n) is 4.40. The van der Waals surface area contributed by atoms with Crippen LogP contribution in [-0.4, -0.2) is 49.6 Å². The number of hydrogen-bond donors (Lipinski definition) is 0. The molecule has 29 heavy (non-hydrogen) atoms. The van der Waals surface area contributed by atoms with Gasteiger partial charge in [0, 0.05) is 37.6 Å². The van der Waals surface area contributed by atoms with E-state index in [9.17, 15) is 4.79 Å². The molecule has 1 aromatic carbocycles. The van der Waals surface area contributed by atoms with Gasteiger partial charge in [0.2, 0.25) is 0 Å². The summed E-state index contributed by atoms with van der Waals surface area (Å²) >= 11 is 0. The molecule has 0 aliphatic rings. The van der Waals surface area contributed by atoms with Crippen LogP contribution in [0.5, 0.6) is 0 Å². The lowest BCUT2D eigenvalue weighted by molar-refractivity contribution is 0.0821. The molecule has 7 heteroatoms. The highest BCUT2D eigenvalue weighted by Gasteiger charge is 2.12. The molecule has 0 N–H and O–H groups in total. The molecule has 1 amide bonds. The monoisotopic (exact) mass is 384 g/mol. The minimum Gasteiger partial charge on any atom is -0.343 e. The Hall–Kier alpha value is -3.87. The number of hydrogen-bond acceptors (Lipinski definition) is 5. The van der Waals surface area contributed by atoms with E-state index in [0.29, 0.717) is 17.9 Å². The lowest BCUT2D eigenvalue weighted by Crippen LogP contribution is -2.23. The Morgan fingerprint density at radius 3 is 2.59 bits per heavy atom. The van der Waals surface area contributed by atoms with Gasteiger partial charge in [-0.05, 0) is 24.3 Å². The zero-order valence-corrected chi connectivity index (χ0v) is 16.2. The largest absolute Gasteiger partial charge is 0.343 e. The number of benzene rings is 1. The second-order valence-electron chi connectivity index (χ2n) is 6.79. The number of rotatable bonds is 5. The first-order valence-electron chi connectivity index (χ1n) is 9.18. The average molecular weight is 384 g/mol. The highest BCUT2D eigenvalue weighted by atomic mass is 16.2. The van der Waals surface area contributed by atoms with Crippen molar-refractivity contribution in [2.45, 2.75) is 6.54 Å². The van der Waals surface area contributed by atoms with Crippen molar-refractivity contribution >= 4 is 5.91 Å². The zero-order valence-electron chi connectivity index (χ0n) is 16.2. The van der Waals surface area contributed by atoms with Crippen LogP contribution in [0.25, 0.3) is 22.5 Å². The van der Waals surface area contributed by atoms with Crippen molar-refractivity contribution in [1.29, 1.82) is 0 Å². The maximum atomic E-state index is 12.2. The summed E-state index contributed by atoms with van der Waals surface area (Å²) in [5, 5.41) is 4.66. The number of pyridine rings is 1. The van der Waals surface area contributed by atoms with Crippen molar-refractivity contribution in [3.05, 3.63) is 84.7 Å². The van der Waals surface area contributed by atoms with Crippen LogP contribution in [0.3, 0.4) is 0 Å². The molecule has 0 saturated carbocycles. The van der Waals surface area contributed by atoms with Crippen LogP contribution >= 0.6 is 0 Å². The molecule has 0 aliphatic heterocycles. The number of nitrogens with zero attached hydrogens (tertiary/aromatic N) is 6. The Bertz CT molecular complexity index is 1140. The summed E-state index contributed by atoms with van der Waals surface area (Å²) in [7, 11) is 3.39. The number of carbonyl (C=O) groups is 1. The molecule has 7 nitrogen and oxygen atoms in total. The molecule has 0 aliphatic carbocycles. The first kappa shape index (κ1) is 18.5. The molecule has 4 rings (SSSR count). The van der Waals surface area contributed by atoms with E-state index in [1.807, 2.05) is 59.4 Å². The van der Waals surface area contributed by atoms with E-state index in [1.54, 1.807) is 26.5 Å². The molecular formula is C22H20N6O. The van der Waals surface area contributed by atoms with Crippen LogP contribution < -0.4 is 0 Å². The van der Waals surface area contributed by atoms with Gasteiger partial charge in [-0.25, -0.2) is 4.98 Å². The molecule has 4 aromatic rings. The fourth-order valence-electron chi connectivity index (χ4n) is 2.94. The van der Waals surface area contributed by atoms with Gasteiger partial charge < -0.3 is 4.90 Å². The Kier molecular flexibility index (Phi) is 5.11. The SMILES string of the molecule is CN(C)C(=O)c1cncc(-c2cccc(-c3ccn(Cc4ccccn4)n3)c2)n1. The lowest BCUT2D eigenvalue weighted by Gasteiger charge is -2.10. The molecule has 0 spiro atoms. The van der Waals surface area contributed by atoms with Crippen LogP contribution in [0.4, 0.5) is 0 Å². The first-order valence-corrected chi connectivity index (χ1v) is 9.18.